The van der Waals surface area contributed by atoms with Gasteiger partial charge in [0.1, 0.15) is 0 Å². The van der Waals surface area contributed by atoms with Gasteiger partial charge in [-0.15, -0.1) is 11.3 Å². The number of rotatable bonds is 2. The summed E-state index contributed by atoms with van der Waals surface area (Å²) < 4.78 is 40.0. The topological polar surface area (TPSA) is 29.1 Å². The number of amides is 1. The van der Waals surface area contributed by atoms with Gasteiger partial charge >= 0.3 is 0 Å². The Morgan fingerprint density at radius 3 is 2.56 bits per heavy atom. The molecule has 2 aromatic carbocycles. The monoisotopic (exact) mass is 359 g/mol. The lowest BCUT2D eigenvalue weighted by Gasteiger charge is -2.15. The SMILES string of the molecule is O=C(Nc1ccc(F)c(F)c1F)c1cc2c(s1)-c1ccccc1CC2. The molecule has 4 rings (SSSR count). The van der Waals surface area contributed by atoms with Gasteiger partial charge in [-0.25, -0.2) is 13.2 Å². The van der Waals surface area contributed by atoms with Crippen molar-refractivity contribution in [2.75, 3.05) is 5.32 Å². The lowest BCUT2D eigenvalue weighted by molar-refractivity contribution is 0.103. The Hall–Kier alpha value is -2.60. The van der Waals surface area contributed by atoms with Gasteiger partial charge in [-0.2, -0.15) is 0 Å². The number of halogens is 3. The van der Waals surface area contributed by atoms with Crippen LogP contribution in [0.1, 0.15) is 20.8 Å². The van der Waals surface area contributed by atoms with Gasteiger partial charge in [0.25, 0.3) is 5.91 Å². The first kappa shape index (κ1) is 15.9. The molecule has 0 saturated carbocycles. The number of fused-ring (bicyclic) bond motifs is 3. The molecule has 126 valence electrons. The number of aryl methyl sites for hydroxylation is 2. The number of carbonyl (C=O) groups is 1. The molecule has 0 fully saturated rings. The number of thiophene rings is 1. The molecule has 1 aliphatic rings. The maximum Gasteiger partial charge on any atom is 0.265 e. The Balaban J connectivity index is 1.65. The first-order valence-electron chi connectivity index (χ1n) is 7.70. The highest BCUT2D eigenvalue weighted by Gasteiger charge is 2.22. The highest BCUT2D eigenvalue weighted by atomic mass is 32.1. The van der Waals surface area contributed by atoms with E-state index in [-0.39, 0.29) is 5.69 Å². The molecule has 0 aliphatic heterocycles. The smallest absolute Gasteiger partial charge is 0.265 e. The van der Waals surface area contributed by atoms with E-state index < -0.39 is 23.4 Å². The van der Waals surface area contributed by atoms with Crippen molar-refractivity contribution in [3.8, 4) is 10.4 Å². The standard InChI is InChI=1S/C19H12F3NOS/c20-13-7-8-14(17(22)16(13)21)23-19(24)15-9-11-6-5-10-3-1-2-4-12(10)18(11)25-15/h1-4,7-9H,5-6H2,(H,23,24). The molecule has 1 amide bonds. The average molecular weight is 359 g/mol. The van der Waals surface area contributed by atoms with Crippen molar-refractivity contribution in [3.63, 3.8) is 0 Å². The van der Waals surface area contributed by atoms with E-state index in [2.05, 4.69) is 11.4 Å². The Morgan fingerprint density at radius 2 is 1.72 bits per heavy atom. The van der Waals surface area contributed by atoms with Gasteiger partial charge in [0.15, 0.2) is 17.5 Å². The van der Waals surface area contributed by atoms with E-state index >= 15 is 0 Å². The Kier molecular flexibility index (Phi) is 3.84. The summed E-state index contributed by atoms with van der Waals surface area (Å²) in [5.74, 6) is -4.84. The van der Waals surface area contributed by atoms with Crippen LogP contribution < -0.4 is 5.32 Å². The highest BCUT2D eigenvalue weighted by Crippen LogP contribution is 2.39. The maximum absolute atomic E-state index is 13.7. The molecule has 0 spiro atoms. The van der Waals surface area contributed by atoms with Gasteiger partial charge in [0.2, 0.25) is 0 Å². The third kappa shape index (κ3) is 2.72. The Bertz CT molecular complexity index is 996. The second-order valence-electron chi connectivity index (χ2n) is 5.80. The third-order valence-electron chi connectivity index (χ3n) is 4.24. The van der Waals surface area contributed by atoms with Crippen LogP contribution in [0.2, 0.25) is 0 Å². The van der Waals surface area contributed by atoms with Crippen LogP contribution in [0.15, 0.2) is 42.5 Å². The van der Waals surface area contributed by atoms with Crippen LogP contribution >= 0.6 is 11.3 Å². The van der Waals surface area contributed by atoms with E-state index in [0.717, 1.165) is 41.0 Å². The number of hydrogen-bond donors (Lipinski definition) is 1. The molecule has 0 atom stereocenters. The second-order valence-corrected chi connectivity index (χ2v) is 6.85. The number of hydrogen-bond acceptors (Lipinski definition) is 2. The molecule has 25 heavy (non-hydrogen) atoms. The molecule has 1 heterocycles. The zero-order valence-corrected chi connectivity index (χ0v) is 13.7. The van der Waals surface area contributed by atoms with Gasteiger partial charge in [0.05, 0.1) is 10.6 Å². The molecule has 1 N–H and O–H groups in total. The van der Waals surface area contributed by atoms with Gasteiger partial charge < -0.3 is 5.32 Å². The van der Waals surface area contributed by atoms with Crippen molar-refractivity contribution in [1.29, 1.82) is 0 Å². The zero-order valence-electron chi connectivity index (χ0n) is 12.9. The van der Waals surface area contributed by atoms with Crippen LogP contribution in [0.5, 0.6) is 0 Å². The van der Waals surface area contributed by atoms with Crippen LogP contribution in [0, 0.1) is 17.5 Å². The van der Waals surface area contributed by atoms with Crippen molar-refractivity contribution in [3.05, 3.63) is 75.9 Å². The molecule has 2 nitrogen and oxygen atoms in total. The number of nitrogens with one attached hydrogen (secondary N) is 1. The van der Waals surface area contributed by atoms with E-state index in [1.807, 2.05) is 18.2 Å². The third-order valence-corrected chi connectivity index (χ3v) is 5.45. The van der Waals surface area contributed by atoms with Crippen LogP contribution in [-0.4, -0.2) is 5.91 Å². The first-order valence-corrected chi connectivity index (χ1v) is 8.52. The Labute approximate surface area is 145 Å². The summed E-state index contributed by atoms with van der Waals surface area (Å²) in [6, 6.07) is 11.6. The number of carbonyl (C=O) groups excluding carboxylic acids is 1. The van der Waals surface area contributed by atoms with Crippen molar-refractivity contribution >= 4 is 22.9 Å². The molecular weight excluding hydrogens is 347 g/mol. The minimum absolute atomic E-state index is 0.379. The molecule has 0 radical (unpaired) electrons. The highest BCUT2D eigenvalue weighted by molar-refractivity contribution is 7.17. The maximum atomic E-state index is 13.7. The minimum Gasteiger partial charge on any atom is -0.319 e. The first-order chi connectivity index (χ1) is 12.0. The van der Waals surface area contributed by atoms with E-state index in [9.17, 15) is 18.0 Å². The number of benzene rings is 2. The fraction of sp³-hybridized carbons (Fsp3) is 0.105. The van der Waals surface area contributed by atoms with Gasteiger partial charge in [0, 0.05) is 4.88 Å². The summed E-state index contributed by atoms with van der Waals surface area (Å²) >= 11 is 1.32. The van der Waals surface area contributed by atoms with Crippen LogP contribution in [0.3, 0.4) is 0 Å². The largest absolute Gasteiger partial charge is 0.319 e. The normalized spacial score (nSPS) is 12.4. The van der Waals surface area contributed by atoms with Crippen LogP contribution in [0.4, 0.5) is 18.9 Å². The molecule has 6 heteroatoms. The van der Waals surface area contributed by atoms with Crippen molar-refractivity contribution in [1.82, 2.24) is 0 Å². The van der Waals surface area contributed by atoms with Gasteiger partial charge in [-0.05, 0) is 47.7 Å². The summed E-state index contributed by atoms with van der Waals surface area (Å²) in [4.78, 5) is 13.8. The lowest BCUT2D eigenvalue weighted by Crippen LogP contribution is -2.12. The van der Waals surface area contributed by atoms with Crippen LogP contribution in [0.25, 0.3) is 10.4 Å². The van der Waals surface area contributed by atoms with Crippen molar-refractivity contribution < 1.29 is 18.0 Å². The predicted octanol–water partition coefficient (Wildman–Crippen LogP) is 5.18. The van der Waals surface area contributed by atoms with Gasteiger partial charge in [-0.3, -0.25) is 4.79 Å². The van der Waals surface area contributed by atoms with Crippen molar-refractivity contribution in [2.45, 2.75) is 12.8 Å². The molecular formula is C19H12F3NOS. The summed E-state index contributed by atoms with van der Waals surface area (Å²) in [6.45, 7) is 0. The van der Waals surface area contributed by atoms with E-state index in [0.29, 0.717) is 4.88 Å². The van der Waals surface area contributed by atoms with Crippen molar-refractivity contribution in [2.24, 2.45) is 0 Å². The van der Waals surface area contributed by atoms with E-state index in [1.54, 1.807) is 6.07 Å². The second kappa shape index (κ2) is 6.04. The summed E-state index contributed by atoms with van der Waals surface area (Å²) in [7, 11) is 0. The summed E-state index contributed by atoms with van der Waals surface area (Å²) in [6.07, 6.45) is 1.73. The number of anilines is 1. The van der Waals surface area contributed by atoms with E-state index in [4.69, 9.17) is 0 Å². The quantitative estimate of drug-likeness (QED) is 0.628. The zero-order chi connectivity index (χ0) is 17.6. The molecule has 1 aromatic heterocycles. The summed E-state index contributed by atoms with van der Waals surface area (Å²) in [5, 5.41) is 2.32. The van der Waals surface area contributed by atoms with E-state index in [1.165, 1.54) is 16.9 Å². The predicted molar refractivity (Wildman–Crippen MR) is 91.4 cm³/mol. The molecule has 0 saturated heterocycles. The fourth-order valence-corrected chi connectivity index (χ4v) is 4.16. The minimum atomic E-state index is -1.60. The molecule has 1 aliphatic carbocycles. The lowest BCUT2D eigenvalue weighted by atomic mass is 9.91. The van der Waals surface area contributed by atoms with Crippen LogP contribution in [-0.2, 0) is 12.8 Å². The van der Waals surface area contributed by atoms with Gasteiger partial charge in [-0.1, -0.05) is 24.3 Å². The molecule has 0 unspecified atom stereocenters. The molecule has 0 bridgehead atoms. The summed E-state index contributed by atoms with van der Waals surface area (Å²) in [5.41, 5.74) is 3.03. The average Bonchev–Trinajstić information content (AvgIpc) is 3.07. The molecule has 3 aromatic rings. The Morgan fingerprint density at radius 1 is 0.960 bits per heavy atom. The fourth-order valence-electron chi connectivity index (χ4n) is 2.99.